The summed E-state index contributed by atoms with van der Waals surface area (Å²) < 4.78 is 34.6. The zero-order valence-electron chi connectivity index (χ0n) is 22.9. The maximum Gasteiger partial charge on any atom is 0.334 e. The van der Waals surface area contributed by atoms with Crippen molar-refractivity contribution in [2.24, 2.45) is 0 Å². The fourth-order valence-electron chi connectivity index (χ4n) is 4.04. The van der Waals surface area contributed by atoms with E-state index in [0.717, 1.165) is 25.0 Å². The number of benzene rings is 2. The molecule has 3 aromatic rings. The number of hydrogen-bond donors (Lipinski definition) is 2. The van der Waals surface area contributed by atoms with Gasteiger partial charge in [-0.1, -0.05) is 19.1 Å². The summed E-state index contributed by atoms with van der Waals surface area (Å²) in [6, 6.07) is 13.6. The number of hydrogen-bond acceptors (Lipinski definition) is 9. The van der Waals surface area contributed by atoms with Crippen LogP contribution in [0.25, 0.3) is 0 Å². The summed E-state index contributed by atoms with van der Waals surface area (Å²) in [7, 11) is -2.14. The molecule has 216 valence electrons. The lowest BCUT2D eigenvalue weighted by Crippen LogP contribution is -2.24. The highest BCUT2D eigenvalue weighted by Crippen LogP contribution is 2.46. The van der Waals surface area contributed by atoms with Gasteiger partial charge in [-0.25, -0.2) is 4.98 Å². The van der Waals surface area contributed by atoms with Crippen molar-refractivity contribution in [3.63, 3.8) is 0 Å². The molecular formula is C28H35N2O7PS2. The summed E-state index contributed by atoms with van der Waals surface area (Å²) in [5.74, 6) is 1.68. The number of thioether (sulfide) groups is 1. The smallest absolute Gasteiger partial charge is 0.334 e. The molecule has 1 amide bonds. The molecule has 1 aliphatic rings. The monoisotopic (exact) mass is 606 g/mol. The fraction of sp³-hybridized carbons (Fsp3) is 0.429. The number of thiazole rings is 1. The summed E-state index contributed by atoms with van der Waals surface area (Å²) >= 11 is 2.97. The maximum absolute atomic E-state index is 13.2. The molecule has 0 radical (unpaired) electrons. The molecule has 2 aromatic carbocycles. The van der Waals surface area contributed by atoms with Crippen molar-refractivity contribution in [1.29, 1.82) is 0 Å². The number of amides is 1. The SMILES string of the molecule is CCOP(=O)(O)Cc1csc(NC(=O)c2cc(OCCc3ccc(SCC)cc3)cc(OC3(COC)CC3)c2)n1. The van der Waals surface area contributed by atoms with E-state index in [1.54, 1.807) is 49.4 Å². The lowest BCUT2D eigenvalue weighted by atomic mass is 10.1. The van der Waals surface area contributed by atoms with Crippen LogP contribution in [-0.4, -0.2) is 54.1 Å². The zero-order chi connectivity index (χ0) is 28.6. The van der Waals surface area contributed by atoms with Gasteiger partial charge in [-0.15, -0.1) is 23.1 Å². The largest absolute Gasteiger partial charge is 0.493 e. The molecule has 0 aliphatic heterocycles. The first-order valence-corrected chi connectivity index (χ1v) is 16.8. The van der Waals surface area contributed by atoms with Gasteiger partial charge in [-0.05, 0) is 55.3 Å². The summed E-state index contributed by atoms with van der Waals surface area (Å²) in [6.45, 7) is 4.80. The van der Waals surface area contributed by atoms with Crippen LogP contribution in [0.4, 0.5) is 5.13 Å². The van der Waals surface area contributed by atoms with E-state index in [-0.39, 0.29) is 18.4 Å². The van der Waals surface area contributed by atoms with Crippen molar-refractivity contribution in [3.8, 4) is 11.5 Å². The highest BCUT2D eigenvalue weighted by Gasteiger charge is 2.45. The van der Waals surface area contributed by atoms with Crippen molar-refractivity contribution < 1.29 is 33.0 Å². The fourth-order valence-corrected chi connectivity index (χ4v) is 6.59. The number of anilines is 1. The van der Waals surface area contributed by atoms with Crippen LogP contribution < -0.4 is 14.8 Å². The normalized spacial score (nSPS) is 15.3. The molecule has 0 spiro atoms. The molecule has 1 atom stereocenters. The summed E-state index contributed by atoms with van der Waals surface area (Å²) in [5, 5.41) is 4.71. The van der Waals surface area contributed by atoms with E-state index >= 15 is 0 Å². The minimum atomic E-state index is -3.78. The Kier molecular flexibility index (Phi) is 10.7. The molecule has 0 saturated heterocycles. The molecular weight excluding hydrogens is 571 g/mol. The Morgan fingerprint density at radius 1 is 1.18 bits per heavy atom. The second kappa shape index (κ2) is 14.0. The molecule has 0 bridgehead atoms. The van der Waals surface area contributed by atoms with Crippen LogP contribution in [0.15, 0.2) is 52.7 Å². The van der Waals surface area contributed by atoms with E-state index < -0.39 is 13.5 Å². The number of carbonyl (C=O) groups is 1. The van der Waals surface area contributed by atoms with Gasteiger partial charge in [0.2, 0.25) is 0 Å². The van der Waals surface area contributed by atoms with Gasteiger partial charge in [-0.2, -0.15) is 0 Å². The number of aromatic nitrogens is 1. The second-order valence-corrected chi connectivity index (χ2v) is 13.4. The van der Waals surface area contributed by atoms with Crippen molar-refractivity contribution in [2.45, 2.75) is 49.8 Å². The molecule has 1 unspecified atom stereocenters. The lowest BCUT2D eigenvalue weighted by Gasteiger charge is -2.19. The van der Waals surface area contributed by atoms with Gasteiger partial charge >= 0.3 is 7.60 Å². The summed E-state index contributed by atoms with van der Waals surface area (Å²) in [4.78, 5) is 28.6. The summed E-state index contributed by atoms with van der Waals surface area (Å²) in [6.07, 6.45) is 2.24. The molecule has 1 heterocycles. The van der Waals surface area contributed by atoms with Gasteiger partial charge in [-0.3, -0.25) is 14.7 Å². The molecule has 1 fully saturated rings. The van der Waals surface area contributed by atoms with E-state index in [2.05, 4.69) is 41.5 Å². The van der Waals surface area contributed by atoms with Crippen LogP contribution in [0.3, 0.4) is 0 Å². The van der Waals surface area contributed by atoms with E-state index in [0.29, 0.717) is 41.1 Å². The Labute approximate surface area is 243 Å². The minimum absolute atomic E-state index is 0.125. The van der Waals surface area contributed by atoms with Crippen molar-refractivity contribution in [2.75, 3.05) is 38.0 Å². The Morgan fingerprint density at radius 3 is 2.60 bits per heavy atom. The van der Waals surface area contributed by atoms with Crippen LogP contribution in [0.1, 0.15) is 48.3 Å². The predicted molar refractivity (Wildman–Crippen MR) is 158 cm³/mol. The average molecular weight is 607 g/mol. The number of ether oxygens (including phenoxy) is 3. The number of nitrogens with one attached hydrogen (secondary N) is 1. The summed E-state index contributed by atoms with van der Waals surface area (Å²) in [5.41, 5.74) is 1.50. The molecule has 40 heavy (non-hydrogen) atoms. The Bertz CT molecular complexity index is 1330. The predicted octanol–water partition coefficient (Wildman–Crippen LogP) is 6.41. The van der Waals surface area contributed by atoms with Crippen molar-refractivity contribution >= 4 is 41.7 Å². The van der Waals surface area contributed by atoms with Crippen molar-refractivity contribution in [3.05, 3.63) is 64.7 Å². The van der Waals surface area contributed by atoms with Crippen LogP contribution in [-0.2, 0) is 26.4 Å². The van der Waals surface area contributed by atoms with Gasteiger partial charge in [0.05, 0.1) is 31.7 Å². The lowest BCUT2D eigenvalue weighted by molar-refractivity contribution is 0.0636. The maximum atomic E-state index is 13.2. The van der Waals surface area contributed by atoms with Gasteiger partial charge in [0.25, 0.3) is 5.91 Å². The molecule has 1 saturated carbocycles. The van der Waals surface area contributed by atoms with Crippen LogP contribution in [0, 0.1) is 0 Å². The number of methoxy groups -OCH3 is 1. The van der Waals surface area contributed by atoms with Gasteiger partial charge in [0, 0.05) is 35.4 Å². The van der Waals surface area contributed by atoms with Gasteiger partial charge < -0.3 is 23.6 Å². The Morgan fingerprint density at radius 2 is 1.93 bits per heavy atom. The van der Waals surface area contributed by atoms with Crippen LogP contribution in [0.2, 0.25) is 0 Å². The third-order valence-corrected chi connectivity index (χ3v) is 9.14. The van der Waals surface area contributed by atoms with Crippen LogP contribution in [0.5, 0.6) is 11.5 Å². The van der Waals surface area contributed by atoms with E-state index in [9.17, 15) is 14.3 Å². The highest BCUT2D eigenvalue weighted by molar-refractivity contribution is 7.99. The number of nitrogens with zero attached hydrogens (tertiary/aromatic N) is 1. The molecule has 2 N–H and O–H groups in total. The standard InChI is InChI=1S/C28H35N2O7PS2/c1-4-36-38(32,33)17-22-18-40-27(29-22)30-26(31)21-14-23(16-24(15-21)37-28(11-12-28)19-34-3)35-13-10-20-6-8-25(9-7-20)39-5-2/h6-9,14-16,18H,4-5,10-13,17,19H2,1-3H3,(H,32,33)(H,29,30,31). The minimum Gasteiger partial charge on any atom is -0.493 e. The highest BCUT2D eigenvalue weighted by atomic mass is 32.2. The number of rotatable bonds is 16. The van der Waals surface area contributed by atoms with Crippen molar-refractivity contribution in [1.82, 2.24) is 4.98 Å². The van der Waals surface area contributed by atoms with Gasteiger partial charge in [0.1, 0.15) is 17.1 Å². The molecule has 9 nitrogen and oxygen atoms in total. The zero-order valence-corrected chi connectivity index (χ0v) is 25.4. The molecule has 12 heteroatoms. The van der Waals surface area contributed by atoms with Gasteiger partial charge in [0.15, 0.2) is 5.13 Å². The van der Waals surface area contributed by atoms with E-state index in [1.807, 2.05) is 0 Å². The molecule has 1 aromatic heterocycles. The average Bonchev–Trinajstić information content (AvgIpc) is 3.52. The third kappa shape index (κ3) is 9.06. The Hall–Kier alpha value is -2.40. The third-order valence-electron chi connectivity index (χ3n) is 6.05. The molecule has 4 rings (SSSR count). The number of carbonyl (C=O) groups excluding carboxylic acids is 1. The topological polar surface area (TPSA) is 116 Å². The molecule has 1 aliphatic carbocycles. The van der Waals surface area contributed by atoms with E-state index in [1.165, 1.54) is 21.8 Å². The first kappa shape index (κ1) is 30.6. The van der Waals surface area contributed by atoms with E-state index in [4.69, 9.17) is 18.7 Å². The van der Waals surface area contributed by atoms with Crippen LogP contribution >= 0.6 is 30.7 Å². The quantitative estimate of drug-likeness (QED) is 0.141. The first-order valence-electron chi connectivity index (χ1n) is 13.1. The Balaban J connectivity index is 1.45. The second-order valence-electron chi connectivity index (χ2n) is 9.40. The first-order chi connectivity index (χ1) is 19.2.